The van der Waals surface area contributed by atoms with E-state index in [-0.39, 0.29) is 0 Å². The first-order valence-electron chi connectivity index (χ1n) is 7.30. The van der Waals surface area contributed by atoms with Crippen molar-refractivity contribution >= 4 is 11.4 Å². The summed E-state index contributed by atoms with van der Waals surface area (Å²) >= 11 is 0. The lowest BCUT2D eigenvalue weighted by atomic mass is 10.2. The Kier molecular flexibility index (Phi) is 3.61. The molecule has 0 aromatic heterocycles. The Hall–Kier alpha value is -1.62. The van der Waals surface area contributed by atoms with E-state index in [2.05, 4.69) is 24.2 Å². The Bertz CT molecular complexity index is 488. The highest BCUT2D eigenvalue weighted by Crippen LogP contribution is 2.37. The maximum Gasteiger partial charge on any atom is 0.163 e. The molecule has 1 aromatic rings. The minimum absolute atomic E-state index is 0.482. The van der Waals surface area contributed by atoms with E-state index in [9.17, 15) is 0 Å². The molecule has 1 heterocycles. The predicted molar refractivity (Wildman–Crippen MR) is 80.6 cm³/mol. The van der Waals surface area contributed by atoms with Crippen molar-refractivity contribution in [1.29, 1.82) is 0 Å². The maximum atomic E-state index is 6.07. The highest BCUT2D eigenvalue weighted by atomic mass is 16.6. The minimum atomic E-state index is 0.482. The second-order valence-corrected chi connectivity index (χ2v) is 5.71. The Balaban J connectivity index is 1.64. The molecule has 1 aliphatic heterocycles. The molecule has 0 amide bonds. The number of fused-ring (bicyclic) bond motifs is 1. The number of ether oxygens (including phenoxy) is 2. The highest BCUT2D eigenvalue weighted by Gasteiger charge is 2.29. The molecule has 0 saturated heterocycles. The van der Waals surface area contributed by atoms with Crippen molar-refractivity contribution in [2.24, 2.45) is 0 Å². The molecule has 1 saturated carbocycles. The standard InChI is InChI=1S/C15H23N3O2/c1-10(18(2)11-3-4-11)9-17-13-8-15-14(7-12(13)16)19-5-6-20-15/h7-8,10-11,17H,3-6,9,16H2,1-2H3. The topological polar surface area (TPSA) is 59.8 Å². The van der Waals surface area contributed by atoms with Gasteiger partial charge in [0, 0.05) is 30.8 Å². The number of rotatable bonds is 5. The number of nitrogen functional groups attached to an aromatic ring is 1. The van der Waals surface area contributed by atoms with Crippen LogP contribution in [0.1, 0.15) is 19.8 Å². The van der Waals surface area contributed by atoms with Crippen LogP contribution in [0.4, 0.5) is 11.4 Å². The van der Waals surface area contributed by atoms with Gasteiger partial charge in [0.1, 0.15) is 13.2 Å². The first-order chi connectivity index (χ1) is 9.65. The van der Waals surface area contributed by atoms with E-state index in [4.69, 9.17) is 15.2 Å². The monoisotopic (exact) mass is 277 g/mol. The van der Waals surface area contributed by atoms with Crippen LogP contribution < -0.4 is 20.5 Å². The van der Waals surface area contributed by atoms with Crippen LogP contribution in [0.2, 0.25) is 0 Å². The first-order valence-corrected chi connectivity index (χ1v) is 7.30. The molecular formula is C15H23N3O2. The van der Waals surface area contributed by atoms with Crippen molar-refractivity contribution in [3.63, 3.8) is 0 Å². The Labute approximate surface area is 120 Å². The van der Waals surface area contributed by atoms with Gasteiger partial charge in [0.25, 0.3) is 0 Å². The maximum absolute atomic E-state index is 6.07. The summed E-state index contributed by atoms with van der Waals surface area (Å²) in [5, 5.41) is 3.42. The molecule has 3 rings (SSSR count). The van der Waals surface area contributed by atoms with E-state index >= 15 is 0 Å². The number of hydrogen-bond acceptors (Lipinski definition) is 5. The molecule has 0 radical (unpaired) electrons. The lowest BCUT2D eigenvalue weighted by Crippen LogP contribution is -2.36. The summed E-state index contributed by atoms with van der Waals surface area (Å²) in [6, 6.07) is 5.03. The second-order valence-electron chi connectivity index (χ2n) is 5.71. The van der Waals surface area contributed by atoms with Gasteiger partial charge in [-0.25, -0.2) is 0 Å². The largest absolute Gasteiger partial charge is 0.486 e. The summed E-state index contributed by atoms with van der Waals surface area (Å²) in [5.74, 6) is 1.51. The lowest BCUT2D eigenvalue weighted by molar-refractivity contribution is 0.172. The summed E-state index contributed by atoms with van der Waals surface area (Å²) < 4.78 is 11.1. The quantitative estimate of drug-likeness (QED) is 0.805. The van der Waals surface area contributed by atoms with Gasteiger partial charge < -0.3 is 20.5 Å². The fourth-order valence-corrected chi connectivity index (χ4v) is 2.50. The van der Waals surface area contributed by atoms with Gasteiger partial charge in [-0.2, -0.15) is 0 Å². The third kappa shape index (κ3) is 2.77. The molecule has 0 spiro atoms. The third-order valence-electron chi connectivity index (χ3n) is 4.12. The van der Waals surface area contributed by atoms with Crippen molar-refractivity contribution < 1.29 is 9.47 Å². The normalized spacial score (nSPS) is 18.9. The second kappa shape index (κ2) is 5.40. The summed E-state index contributed by atoms with van der Waals surface area (Å²) in [4.78, 5) is 2.43. The zero-order chi connectivity index (χ0) is 14.1. The van der Waals surface area contributed by atoms with Gasteiger partial charge in [0.2, 0.25) is 0 Å². The Morgan fingerprint density at radius 3 is 2.60 bits per heavy atom. The average Bonchev–Trinajstić information content (AvgIpc) is 3.28. The van der Waals surface area contributed by atoms with E-state index in [1.807, 2.05) is 12.1 Å². The molecule has 1 atom stereocenters. The van der Waals surface area contributed by atoms with Crippen molar-refractivity contribution in [1.82, 2.24) is 4.90 Å². The number of nitrogens with two attached hydrogens (primary N) is 1. The average molecular weight is 277 g/mol. The van der Waals surface area contributed by atoms with Crippen LogP contribution >= 0.6 is 0 Å². The molecule has 2 aliphatic rings. The van der Waals surface area contributed by atoms with Crippen LogP contribution in [0.15, 0.2) is 12.1 Å². The van der Waals surface area contributed by atoms with E-state index in [0.717, 1.165) is 29.8 Å². The fraction of sp³-hybridized carbons (Fsp3) is 0.600. The molecule has 0 bridgehead atoms. The lowest BCUT2D eigenvalue weighted by Gasteiger charge is -2.26. The number of likely N-dealkylation sites (N-methyl/N-ethyl adjacent to an activating group) is 1. The van der Waals surface area contributed by atoms with Crippen LogP contribution in [0.25, 0.3) is 0 Å². The minimum Gasteiger partial charge on any atom is -0.486 e. The van der Waals surface area contributed by atoms with E-state index < -0.39 is 0 Å². The molecule has 5 nitrogen and oxygen atoms in total. The van der Waals surface area contributed by atoms with Gasteiger partial charge >= 0.3 is 0 Å². The van der Waals surface area contributed by atoms with Gasteiger partial charge in [0.15, 0.2) is 11.5 Å². The molecule has 1 unspecified atom stereocenters. The fourth-order valence-electron chi connectivity index (χ4n) is 2.50. The van der Waals surface area contributed by atoms with Crippen LogP contribution in [-0.4, -0.2) is 43.8 Å². The number of nitrogens with one attached hydrogen (secondary N) is 1. The van der Waals surface area contributed by atoms with E-state index in [0.29, 0.717) is 24.9 Å². The van der Waals surface area contributed by atoms with Crippen molar-refractivity contribution in [2.45, 2.75) is 31.8 Å². The van der Waals surface area contributed by atoms with Crippen molar-refractivity contribution in [2.75, 3.05) is 37.9 Å². The first kappa shape index (κ1) is 13.4. The molecular weight excluding hydrogens is 254 g/mol. The van der Waals surface area contributed by atoms with Gasteiger partial charge in [-0.15, -0.1) is 0 Å². The number of hydrogen-bond donors (Lipinski definition) is 2. The molecule has 5 heteroatoms. The van der Waals surface area contributed by atoms with Gasteiger partial charge in [-0.3, -0.25) is 4.90 Å². The van der Waals surface area contributed by atoms with Crippen molar-refractivity contribution in [3.8, 4) is 11.5 Å². The van der Waals surface area contributed by atoms with E-state index in [1.165, 1.54) is 12.8 Å². The Morgan fingerprint density at radius 1 is 1.30 bits per heavy atom. The predicted octanol–water partition coefficient (Wildman–Crippen LogP) is 1.93. The van der Waals surface area contributed by atoms with Crippen LogP contribution in [0.3, 0.4) is 0 Å². The van der Waals surface area contributed by atoms with E-state index in [1.54, 1.807) is 0 Å². The number of benzene rings is 1. The third-order valence-corrected chi connectivity index (χ3v) is 4.12. The van der Waals surface area contributed by atoms with Crippen LogP contribution in [-0.2, 0) is 0 Å². The summed E-state index contributed by atoms with van der Waals surface area (Å²) in [5.41, 5.74) is 7.69. The van der Waals surface area contributed by atoms with Crippen LogP contribution in [0, 0.1) is 0 Å². The molecule has 3 N–H and O–H groups in total. The molecule has 1 aliphatic carbocycles. The summed E-state index contributed by atoms with van der Waals surface area (Å²) in [6.07, 6.45) is 2.65. The highest BCUT2D eigenvalue weighted by molar-refractivity contribution is 5.72. The summed E-state index contributed by atoms with van der Waals surface area (Å²) in [6.45, 7) is 4.29. The SMILES string of the molecule is CC(CNc1cc2c(cc1N)OCCO2)N(C)C1CC1. The zero-order valence-electron chi connectivity index (χ0n) is 12.2. The number of nitrogens with zero attached hydrogens (tertiary/aromatic N) is 1. The van der Waals surface area contributed by atoms with Gasteiger partial charge in [-0.1, -0.05) is 0 Å². The molecule has 1 aromatic carbocycles. The summed E-state index contributed by atoms with van der Waals surface area (Å²) in [7, 11) is 2.19. The molecule has 110 valence electrons. The number of anilines is 2. The zero-order valence-corrected chi connectivity index (χ0v) is 12.2. The molecule has 1 fully saturated rings. The van der Waals surface area contributed by atoms with Gasteiger partial charge in [0.05, 0.1) is 11.4 Å². The van der Waals surface area contributed by atoms with Crippen LogP contribution in [0.5, 0.6) is 11.5 Å². The smallest absolute Gasteiger partial charge is 0.163 e. The Morgan fingerprint density at radius 2 is 1.95 bits per heavy atom. The molecule has 20 heavy (non-hydrogen) atoms. The van der Waals surface area contributed by atoms with Crippen molar-refractivity contribution in [3.05, 3.63) is 12.1 Å². The van der Waals surface area contributed by atoms with Gasteiger partial charge in [-0.05, 0) is 26.8 Å².